The van der Waals surface area contributed by atoms with Crippen LogP contribution in [0.3, 0.4) is 0 Å². The average molecular weight is 377 g/mol. The van der Waals surface area contributed by atoms with Crippen LogP contribution >= 0.6 is 0 Å². The number of hydrazone groups is 1. The maximum Gasteiger partial charge on any atom is 0.176 e. The van der Waals surface area contributed by atoms with E-state index in [1.165, 1.54) is 0 Å². The number of aliphatic hydroxyl groups is 1. The molecule has 150 valence electrons. The second kappa shape index (κ2) is 8.37. The monoisotopic (exact) mass is 376 g/mol. The Hall–Kier alpha value is -1.96. The van der Waals surface area contributed by atoms with Gasteiger partial charge in [0.2, 0.25) is 0 Å². The van der Waals surface area contributed by atoms with Gasteiger partial charge in [0.1, 0.15) is 0 Å². The highest BCUT2D eigenvalue weighted by atomic mass is 16.7. The van der Waals surface area contributed by atoms with Crippen molar-refractivity contribution in [3.63, 3.8) is 0 Å². The molecule has 1 aromatic rings. The lowest BCUT2D eigenvalue weighted by Crippen LogP contribution is -2.39. The molecule has 0 radical (unpaired) electrons. The van der Waals surface area contributed by atoms with Crippen molar-refractivity contribution in [2.75, 3.05) is 31.7 Å². The van der Waals surface area contributed by atoms with E-state index in [0.29, 0.717) is 25.6 Å². The molecule has 7 heteroatoms. The molecule has 0 aromatic heterocycles. The number of nitrogens with zero attached hydrogens (tertiary/aromatic N) is 3. The van der Waals surface area contributed by atoms with E-state index in [4.69, 9.17) is 15.3 Å². The maximum atomic E-state index is 10.3. The Morgan fingerprint density at radius 2 is 2.00 bits per heavy atom. The Morgan fingerprint density at radius 1 is 1.37 bits per heavy atom. The Morgan fingerprint density at radius 3 is 2.56 bits per heavy atom. The van der Waals surface area contributed by atoms with E-state index in [0.717, 1.165) is 16.8 Å². The van der Waals surface area contributed by atoms with Gasteiger partial charge >= 0.3 is 0 Å². The fraction of sp³-hybridized carbons (Fsp3) is 0.600. The van der Waals surface area contributed by atoms with Crippen LogP contribution in [-0.2, 0) is 15.1 Å². The fourth-order valence-corrected chi connectivity index (χ4v) is 2.73. The summed E-state index contributed by atoms with van der Waals surface area (Å²) in [4.78, 5) is 6.23. The van der Waals surface area contributed by atoms with Crippen molar-refractivity contribution in [2.45, 2.75) is 46.5 Å². The highest BCUT2D eigenvalue weighted by molar-refractivity contribution is 6.35. The van der Waals surface area contributed by atoms with Crippen LogP contribution in [0.1, 0.15) is 38.8 Å². The Labute approximate surface area is 161 Å². The molecular weight excluding hydrogens is 344 g/mol. The van der Waals surface area contributed by atoms with Crippen LogP contribution in [0.4, 0.5) is 5.69 Å². The smallest absolute Gasteiger partial charge is 0.176 e. The quantitative estimate of drug-likeness (QED) is 0.356. The summed E-state index contributed by atoms with van der Waals surface area (Å²) in [5.41, 5.74) is 1.86. The topological polar surface area (TPSA) is 92.7 Å². The van der Waals surface area contributed by atoms with Crippen LogP contribution in [0.25, 0.3) is 0 Å². The number of rotatable bonds is 5. The van der Waals surface area contributed by atoms with Gasteiger partial charge in [-0.2, -0.15) is 5.10 Å². The van der Waals surface area contributed by atoms with Crippen molar-refractivity contribution in [3.05, 3.63) is 29.3 Å². The first-order valence-corrected chi connectivity index (χ1v) is 9.12. The molecule has 1 fully saturated rings. The number of ether oxygens (including phenoxy) is 2. The number of hydrogen-bond acceptors (Lipinski definition) is 6. The predicted octanol–water partition coefficient (Wildman–Crippen LogP) is 2.40. The van der Waals surface area contributed by atoms with E-state index < -0.39 is 5.60 Å². The van der Waals surface area contributed by atoms with Crippen LogP contribution in [0.2, 0.25) is 0 Å². The number of aryl methyl sites for hydroxylation is 1. The molecule has 1 heterocycles. The Balaban J connectivity index is 2.07. The minimum atomic E-state index is -0.930. The van der Waals surface area contributed by atoms with Crippen LogP contribution < -0.4 is 10.7 Å². The third kappa shape index (κ3) is 5.76. The number of anilines is 1. The molecule has 3 N–H and O–H groups in total. The van der Waals surface area contributed by atoms with E-state index in [1.54, 1.807) is 20.1 Å². The molecule has 0 amide bonds. The first-order chi connectivity index (χ1) is 12.5. The summed E-state index contributed by atoms with van der Waals surface area (Å²) in [6.45, 7) is 11.4. The third-order valence-corrected chi connectivity index (χ3v) is 4.53. The first-order valence-electron chi connectivity index (χ1n) is 9.12. The standard InChI is InChI=1S/C20H32N4O3/c1-14-7-8-15(20(4,5)25)9-16(14)24(6)17(23-21)10-22-11-18-26-12-19(2,3)13-27-18/h7-10,18,25H,11-13,21H2,1-6H3/b22-10?,23-17+. The molecular formula is C20H32N4O3. The van der Waals surface area contributed by atoms with Gasteiger partial charge in [-0.25, -0.2) is 0 Å². The lowest BCUT2D eigenvalue weighted by atomic mass is 9.96. The molecule has 0 aliphatic carbocycles. The van der Waals surface area contributed by atoms with E-state index in [1.807, 2.05) is 37.1 Å². The number of amidine groups is 1. The molecule has 27 heavy (non-hydrogen) atoms. The second-order valence-corrected chi connectivity index (χ2v) is 8.32. The van der Waals surface area contributed by atoms with Gasteiger partial charge in [-0.1, -0.05) is 26.0 Å². The van der Waals surface area contributed by atoms with Gasteiger partial charge in [0, 0.05) is 18.2 Å². The van der Waals surface area contributed by atoms with Crippen molar-refractivity contribution < 1.29 is 14.6 Å². The fourth-order valence-electron chi connectivity index (χ4n) is 2.73. The molecule has 0 atom stereocenters. The molecule has 0 unspecified atom stereocenters. The predicted molar refractivity (Wildman–Crippen MR) is 109 cm³/mol. The zero-order valence-electron chi connectivity index (χ0n) is 17.2. The lowest BCUT2D eigenvalue weighted by molar-refractivity contribution is -0.215. The van der Waals surface area contributed by atoms with E-state index in [9.17, 15) is 5.11 Å². The highest BCUT2D eigenvalue weighted by Crippen LogP contribution is 2.27. The Kier molecular flexibility index (Phi) is 6.62. The number of aliphatic imine (C=N–C) groups is 1. The number of benzene rings is 1. The van der Waals surface area contributed by atoms with Crippen molar-refractivity contribution in [1.82, 2.24) is 0 Å². The second-order valence-electron chi connectivity index (χ2n) is 8.32. The molecule has 0 spiro atoms. The molecule has 0 bridgehead atoms. The van der Waals surface area contributed by atoms with Crippen molar-refractivity contribution in [3.8, 4) is 0 Å². The van der Waals surface area contributed by atoms with E-state index in [2.05, 4.69) is 23.9 Å². The van der Waals surface area contributed by atoms with Crippen LogP contribution in [0.5, 0.6) is 0 Å². The molecule has 7 nitrogen and oxygen atoms in total. The van der Waals surface area contributed by atoms with Gasteiger partial charge < -0.3 is 25.3 Å². The molecule has 1 saturated heterocycles. The lowest BCUT2D eigenvalue weighted by Gasteiger charge is -2.33. The van der Waals surface area contributed by atoms with Crippen LogP contribution in [0, 0.1) is 12.3 Å². The van der Waals surface area contributed by atoms with Crippen LogP contribution in [-0.4, -0.2) is 50.3 Å². The molecule has 1 aromatic carbocycles. The summed E-state index contributed by atoms with van der Waals surface area (Å²) in [6.07, 6.45) is 1.27. The molecule has 1 aliphatic rings. The first kappa shape index (κ1) is 21.3. The number of nitrogens with two attached hydrogens (primary N) is 1. The summed E-state index contributed by atoms with van der Waals surface area (Å²) < 4.78 is 11.4. The van der Waals surface area contributed by atoms with Gasteiger partial charge in [0.15, 0.2) is 12.1 Å². The third-order valence-electron chi connectivity index (χ3n) is 4.53. The normalized spacial score (nSPS) is 18.9. The maximum absolute atomic E-state index is 10.3. The van der Waals surface area contributed by atoms with Crippen molar-refractivity contribution in [1.29, 1.82) is 0 Å². The zero-order chi connectivity index (χ0) is 20.2. The van der Waals surface area contributed by atoms with E-state index >= 15 is 0 Å². The van der Waals surface area contributed by atoms with Crippen molar-refractivity contribution >= 4 is 17.7 Å². The van der Waals surface area contributed by atoms with Crippen molar-refractivity contribution in [2.24, 2.45) is 21.4 Å². The SMILES string of the molecule is Cc1ccc(C(C)(C)O)cc1N(C)/C(C=NCC1OCC(C)(C)CO1)=N/N. The van der Waals surface area contributed by atoms with Gasteiger partial charge in [-0.15, -0.1) is 0 Å². The summed E-state index contributed by atoms with van der Waals surface area (Å²) in [5.74, 6) is 6.08. The van der Waals surface area contributed by atoms with Gasteiger partial charge in [0.05, 0.1) is 31.6 Å². The summed E-state index contributed by atoms with van der Waals surface area (Å²) >= 11 is 0. The van der Waals surface area contributed by atoms with Gasteiger partial charge in [0.25, 0.3) is 0 Å². The Bertz CT molecular complexity index is 698. The summed E-state index contributed by atoms with van der Waals surface area (Å²) in [5, 5.41) is 14.1. The van der Waals surface area contributed by atoms with Gasteiger partial charge in [-0.05, 0) is 38.0 Å². The average Bonchev–Trinajstić information content (AvgIpc) is 2.59. The zero-order valence-corrected chi connectivity index (χ0v) is 17.2. The summed E-state index contributed by atoms with van der Waals surface area (Å²) in [7, 11) is 1.87. The molecule has 2 rings (SSSR count). The minimum Gasteiger partial charge on any atom is -0.386 e. The van der Waals surface area contributed by atoms with E-state index in [-0.39, 0.29) is 11.7 Å². The molecule has 0 saturated carbocycles. The summed E-state index contributed by atoms with van der Waals surface area (Å²) in [6, 6.07) is 5.82. The van der Waals surface area contributed by atoms with Crippen LogP contribution in [0.15, 0.2) is 28.3 Å². The van der Waals surface area contributed by atoms with Gasteiger partial charge in [-0.3, -0.25) is 4.99 Å². The largest absolute Gasteiger partial charge is 0.386 e. The molecule has 1 aliphatic heterocycles. The number of hydrogen-bond donors (Lipinski definition) is 2. The highest BCUT2D eigenvalue weighted by Gasteiger charge is 2.28. The minimum absolute atomic E-state index is 0.0351.